The fourth-order valence-electron chi connectivity index (χ4n) is 2.43. The standard InChI is InChI=1S/C15H12BrNO4/c16-12-5-9-3-4-21-14(9)11(6-12)8-17-7-10(15(19)20)1-2-13(17)18/h1-2,5-7H,3-4,8H2,(H,19,20). The topological polar surface area (TPSA) is 68.5 Å². The highest BCUT2D eigenvalue weighted by Crippen LogP contribution is 2.33. The highest BCUT2D eigenvalue weighted by Gasteiger charge is 2.18. The third-order valence-corrected chi connectivity index (χ3v) is 3.85. The molecule has 0 unspecified atom stereocenters. The van der Waals surface area contributed by atoms with Crippen LogP contribution in [0.15, 0.2) is 39.7 Å². The van der Waals surface area contributed by atoms with E-state index in [1.54, 1.807) is 0 Å². The molecule has 0 saturated carbocycles. The van der Waals surface area contributed by atoms with Crippen molar-refractivity contribution in [3.63, 3.8) is 0 Å². The summed E-state index contributed by atoms with van der Waals surface area (Å²) in [7, 11) is 0. The smallest absolute Gasteiger partial charge is 0.337 e. The van der Waals surface area contributed by atoms with E-state index in [1.165, 1.54) is 22.9 Å². The third-order valence-electron chi connectivity index (χ3n) is 3.40. The largest absolute Gasteiger partial charge is 0.493 e. The first-order chi connectivity index (χ1) is 10.0. The number of halogens is 1. The van der Waals surface area contributed by atoms with Gasteiger partial charge in [0.1, 0.15) is 5.75 Å². The van der Waals surface area contributed by atoms with Crippen molar-refractivity contribution in [1.82, 2.24) is 4.57 Å². The first-order valence-electron chi connectivity index (χ1n) is 6.42. The second-order valence-electron chi connectivity index (χ2n) is 4.84. The molecule has 2 aromatic rings. The minimum absolute atomic E-state index is 0.0853. The highest BCUT2D eigenvalue weighted by atomic mass is 79.9. The molecule has 0 bridgehead atoms. The number of carboxylic acid groups (broad SMARTS) is 1. The molecule has 1 N–H and O–H groups in total. The average Bonchev–Trinajstić information content (AvgIpc) is 2.89. The number of carbonyl (C=O) groups is 1. The summed E-state index contributed by atoms with van der Waals surface area (Å²) in [4.78, 5) is 22.9. The van der Waals surface area contributed by atoms with Crippen LogP contribution in [0.4, 0.5) is 0 Å². The van der Waals surface area contributed by atoms with Gasteiger partial charge in [-0.25, -0.2) is 4.79 Å². The SMILES string of the molecule is O=C(O)c1ccc(=O)n(Cc2cc(Br)cc3c2OCC3)c1. The number of rotatable bonds is 3. The van der Waals surface area contributed by atoms with E-state index in [4.69, 9.17) is 9.84 Å². The van der Waals surface area contributed by atoms with Crippen LogP contribution in [0, 0.1) is 0 Å². The van der Waals surface area contributed by atoms with E-state index in [2.05, 4.69) is 15.9 Å². The van der Waals surface area contributed by atoms with Gasteiger partial charge in [0.2, 0.25) is 0 Å². The molecular formula is C15H12BrNO4. The second kappa shape index (κ2) is 5.37. The Morgan fingerprint density at radius 2 is 2.19 bits per heavy atom. The number of benzene rings is 1. The molecule has 6 heteroatoms. The maximum Gasteiger partial charge on any atom is 0.337 e. The minimum atomic E-state index is -1.06. The predicted molar refractivity (Wildman–Crippen MR) is 80.1 cm³/mol. The molecule has 1 aromatic heterocycles. The van der Waals surface area contributed by atoms with E-state index in [0.717, 1.165) is 27.8 Å². The van der Waals surface area contributed by atoms with E-state index in [1.807, 2.05) is 12.1 Å². The molecule has 1 aliphatic rings. The number of hydrogen-bond donors (Lipinski definition) is 1. The average molecular weight is 350 g/mol. The number of aromatic carboxylic acids is 1. The van der Waals surface area contributed by atoms with Gasteiger partial charge in [0.05, 0.1) is 18.7 Å². The number of carboxylic acids is 1. The third kappa shape index (κ3) is 2.71. The van der Waals surface area contributed by atoms with Crippen LogP contribution >= 0.6 is 15.9 Å². The molecule has 108 valence electrons. The Morgan fingerprint density at radius 3 is 2.95 bits per heavy atom. The summed E-state index contributed by atoms with van der Waals surface area (Å²) in [5.41, 5.74) is 1.80. The normalized spacial score (nSPS) is 12.8. The zero-order valence-electron chi connectivity index (χ0n) is 11.0. The molecule has 1 aromatic carbocycles. The van der Waals surface area contributed by atoms with Crippen LogP contribution < -0.4 is 10.3 Å². The molecule has 5 nitrogen and oxygen atoms in total. The fraction of sp³-hybridized carbons (Fsp3) is 0.200. The van der Waals surface area contributed by atoms with Gasteiger partial charge in [-0.15, -0.1) is 0 Å². The summed E-state index contributed by atoms with van der Waals surface area (Å²) in [6, 6.07) is 6.47. The first-order valence-corrected chi connectivity index (χ1v) is 7.22. The van der Waals surface area contributed by atoms with Crippen molar-refractivity contribution in [2.45, 2.75) is 13.0 Å². The Labute approximate surface area is 128 Å². The van der Waals surface area contributed by atoms with Gasteiger partial charge in [-0.2, -0.15) is 0 Å². The maximum atomic E-state index is 11.9. The van der Waals surface area contributed by atoms with Gasteiger partial charge in [-0.1, -0.05) is 15.9 Å². The van der Waals surface area contributed by atoms with Crippen molar-refractivity contribution >= 4 is 21.9 Å². The van der Waals surface area contributed by atoms with E-state index in [0.29, 0.717) is 6.61 Å². The molecule has 0 saturated heterocycles. The zero-order valence-corrected chi connectivity index (χ0v) is 12.6. The molecule has 0 radical (unpaired) electrons. The molecule has 0 spiro atoms. The lowest BCUT2D eigenvalue weighted by Gasteiger charge is -2.11. The molecular weight excluding hydrogens is 338 g/mol. The molecule has 1 aliphatic heterocycles. The van der Waals surface area contributed by atoms with Crippen molar-refractivity contribution < 1.29 is 14.6 Å². The quantitative estimate of drug-likeness (QED) is 0.922. The van der Waals surface area contributed by atoms with Gasteiger partial charge in [-0.3, -0.25) is 4.79 Å². The van der Waals surface area contributed by atoms with Gasteiger partial charge in [-0.05, 0) is 23.8 Å². The number of ether oxygens (including phenoxy) is 1. The Hall–Kier alpha value is -2.08. The molecule has 2 heterocycles. The number of hydrogen-bond acceptors (Lipinski definition) is 3. The maximum absolute atomic E-state index is 11.9. The van der Waals surface area contributed by atoms with Crippen LogP contribution in [0.3, 0.4) is 0 Å². The summed E-state index contributed by atoms with van der Waals surface area (Å²) in [5.74, 6) is -0.259. The second-order valence-corrected chi connectivity index (χ2v) is 5.76. The van der Waals surface area contributed by atoms with Crippen molar-refractivity contribution in [2.24, 2.45) is 0 Å². The molecule has 0 fully saturated rings. The fourth-order valence-corrected chi connectivity index (χ4v) is 2.98. The van der Waals surface area contributed by atoms with Crippen LogP contribution in [-0.4, -0.2) is 22.2 Å². The Bertz CT molecular complexity index is 782. The minimum Gasteiger partial charge on any atom is -0.493 e. The summed E-state index contributed by atoms with van der Waals surface area (Å²) < 4.78 is 7.92. The van der Waals surface area contributed by atoms with Gasteiger partial charge >= 0.3 is 5.97 Å². The van der Waals surface area contributed by atoms with Crippen LogP contribution in [0.2, 0.25) is 0 Å². The van der Waals surface area contributed by atoms with Crippen molar-refractivity contribution in [3.05, 3.63) is 62.0 Å². The first kappa shape index (κ1) is 13.9. The van der Waals surface area contributed by atoms with E-state index in [9.17, 15) is 9.59 Å². The Morgan fingerprint density at radius 1 is 1.38 bits per heavy atom. The van der Waals surface area contributed by atoms with Gasteiger partial charge in [0, 0.05) is 28.7 Å². The highest BCUT2D eigenvalue weighted by molar-refractivity contribution is 9.10. The van der Waals surface area contributed by atoms with Crippen LogP contribution in [0.25, 0.3) is 0 Å². The molecule has 0 amide bonds. The summed E-state index contributed by atoms with van der Waals surface area (Å²) in [6.45, 7) is 0.907. The molecule has 3 rings (SSSR count). The van der Waals surface area contributed by atoms with Crippen LogP contribution in [0.1, 0.15) is 21.5 Å². The number of aromatic nitrogens is 1. The van der Waals surface area contributed by atoms with Crippen molar-refractivity contribution in [2.75, 3.05) is 6.61 Å². The van der Waals surface area contributed by atoms with Gasteiger partial charge < -0.3 is 14.4 Å². The van der Waals surface area contributed by atoms with Crippen LogP contribution in [-0.2, 0) is 13.0 Å². The number of nitrogens with zero attached hydrogens (tertiary/aromatic N) is 1. The van der Waals surface area contributed by atoms with E-state index >= 15 is 0 Å². The summed E-state index contributed by atoms with van der Waals surface area (Å²) in [5, 5.41) is 9.02. The lowest BCUT2D eigenvalue weighted by Crippen LogP contribution is -2.21. The molecule has 0 atom stereocenters. The monoisotopic (exact) mass is 349 g/mol. The Balaban J connectivity index is 2.03. The Kier molecular flexibility index (Phi) is 3.55. The van der Waals surface area contributed by atoms with Gasteiger partial charge in [0.25, 0.3) is 5.56 Å². The lowest BCUT2D eigenvalue weighted by atomic mass is 10.1. The number of pyridine rings is 1. The lowest BCUT2D eigenvalue weighted by molar-refractivity contribution is 0.0696. The molecule has 21 heavy (non-hydrogen) atoms. The summed E-state index contributed by atoms with van der Waals surface area (Å²) in [6.07, 6.45) is 2.19. The van der Waals surface area contributed by atoms with Crippen molar-refractivity contribution in [1.29, 1.82) is 0 Å². The predicted octanol–water partition coefficient (Wildman–Crippen LogP) is 2.29. The van der Waals surface area contributed by atoms with E-state index in [-0.39, 0.29) is 17.7 Å². The van der Waals surface area contributed by atoms with Gasteiger partial charge in [0.15, 0.2) is 0 Å². The molecule has 0 aliphatic carbocycles. The number of fused-ring (bicyclic) bond motifs is 1. The van der Waals surface area contributed by atoms with Crippen LogP contribution in [0.5, 0.6) is 5.75 Å². The van der Waals surface area contributed by atoms with Crippen molar-refractivity contribution in [3.8, 4) is 5.75 Å². The zero-order chi connectivity index (χ0) is 15.0. The van der Waals surface area contributed by atoms with E-state index < -0.39 is 5.97 Å². The summed E-state index contributed by atoms with van der Waals surface area (Å²) >= 11 is 3.45.